The summed E-state index contributed by atoms with van der Waals surface area (Å²) in [7, 11) is -6.00. The van der Waals surface area contributed by atoms with Crippen molar-refractivity contribution in [2.75, 3.05) is 6.61 Å². The Morgan fingerprint density at radius 1 is 1.08 bits per heavy atom. The van der Waals surface area contributed by atoms with E-state index in [1.165, 1.54) is 0 Å². The third-order valence-electron chi connectivity index (χ3n) is 3.25. The maximum Gasteiger partial charge on any atom is 0.673 e. The van der Waals surface area contributed by atoms with Gasteiger partial charge in [0.25, 0.3) is 11.7 Å². The van der Waals surface area contributed by atoms with Crippen molar-refractivity contribution >= 4 is 7.25 Å². The summed E-state index contributed by atoms with van der Waals surface area (Å²) in [4.78, 5) is 12.3. The highest BCUT2D eigenvalue weighted by Gasteiger charge is 2.23. The number of hydrogen-bond donors (Lipinski definition) is 0. The smallest absolute Gasteiger partial charge is 0.462 e. The minimum absolute atomic E-state index is 0.0282. The van der Waals surface area contributed by atoms with Crippen LogP contribution in [0.4, 0.5) is 17.3 Å². The van der Waals surface area contributed by atoms with Crippen LogP contribution < -0.4 is 14.9 Å². The Bertz CT molecular complexity index is 727. The molecule has 0 aliphatic rings. The molecule has 4 nitrogen and oxygen atoms in total. The molecular formula is C16H21BF4N2O2. The summed E-state index contributed by atoms with van der Waals surface area (Å²) >= 11 is 0. The number of aromatic nitrogens is 2. The predicted molar refractivity (Wildman–Crippen MR) is 89.0 cm³/mol. The van der Waals surface area contributed by atoms with E-state index in [-0.39, 0.29) is 5.56 Å². The van der Waals surface area contributed by atoms with E-state index in [1.807, 2.05) is 48.7 Å². The topological polar surface area (TPSA) is 35.1 Å². The van der Waals surface area contributed by atoms with E-state index in [1.54, 1.807) is 10.6 Å². The first-order chi connectivity index (χ1) is 11.7. The highest BCUT2D eigenvalue weighted by Crippen LogP contribution is 2.16. The van der Waals surface area contributed by atoms with E-state index in [9.17, 15) is 22.1 Å². The molecule has 0 radical (unpaired) electrons. The molecule has 1 heterocycles. The van der Waals surface area contributed by atoms with Crippen LogP contribution in [0.1, 0.15) is 20.8 Å². The monoisotopic (exact) mass is 360 g/mol. The van der Waals surface area contributed by atoms with Gasteiger partial charge in [-0.2, -0.15) is 9.13 Å². The van der Waals surface area contributed by atoms with Gasteiger partial charge in [0.05, 0.1) is 25.3 Å². The SMILES string of the molecule is CCOc1cc(=O)n(CC)c(-c2ccccc2)[n+]1CC.F[B-](F)(F)F. The third-order valence-corrected chi connectivity index (χ3v) is 3.25. The molecule has 0 spiro atoms. The molecule has 0 atom stereocenters. The average Bonchev–Trinajstić information content (AvgIpc) is 2.54. The van der Waals surface area contributed by atoms with Crippen molar-refractivity contribution in [3.63, 3.8) is 0 Å². The Morgan fingerprint density at radius 3 is 2.08 bits per heavy atom. The van der Waals surface area contributed by atoms with Gasteiger partial charge in [0.1, 0.15) is 6.07 Å². The molecule has 9 heteroatoms. The Balaban J connectivity index is 0.000000550. The highest BCUT2D eigenvalue weighted by molar-refractivity contribution is 6.50. The molecule has 0 aliphatic heterocycles. The highest BCUT2D eigenvalue weighted by atomic mass is 19.5. The fourth-order valence-corrected chi connectivity index (χ4v) is 2.39. The molecule has 0 N–H and O–H groups in total. The van der Waals surface area contributed by atoms with Crippen LogP contribution in [0.5, 0.6) is 5.88 Å². The Labute approximate surface area is 143 Å². The van der Waals surface area contributed by atoms with Crippen LogP contribution in [0.15, 0.2) is 41.2 Å². The molecule has 0 fully saturated rings. The van der Waals surface area contributed by atoms with Crippen LogP contribution in [-0.4, -0.2) is 18.4 Å². The van der Waals surface area contributed by atoms with E-state index in [4.69, 9.17) is 4.74 Å². The number of nitrogens with zero attached hydrogens (tertiary/aromatic N) is 2. The summed E-state index contributed by atoms with van der Waals surface area (Å²) < 4.78 is 48.4. The van der Waals surface area contributed by atoms with Gasteiger partial charge < -0.3 is 22.0 Å². The van der Waals surface area contributed by atoms with E-state index >= 15 is 0 Å². The van der Waals surface area contributed by atoms with E-state index in [2.05, 4.69) is 6.92 Å². The van der Waals surface area contributed by atoms with Crippen LogP contribution in [0.2, 0.25) is 0 Å². The average molecular weight is 360 g/mol. The van der Waals surface area contributed by atoms with Gasteiger partial charge in [0.2, 0.25) is 0 Å². The first-order valence-electron chi connectivity index (χ1n) is 7.96. The summed E-state index contributed by atoms with van der Waals surface area (Å²) in [5.41, 5.74) is 0.995. The van der Waals surface area contributed by atoms with Crippen LogP contribution in [0, 0.1) is 0 Å². The molecule has 0 unspecified atom stereocenters. The van der Waals surface area contributed by atoms with Gasteiger partial charge in [-0.25, -0.2) is 4.79 Å². The summed E-state index contributed by atoms with van der Waals surface area (Å²) in [6.45, 7) is 7.89. The molecule has 25 heavy (non-hydrogen) atoms. The minimum Gasteiger partial charge on any atom is -0.462 e. The maximum atomic E-state index is 12.3. The minimum atomic E-state index is -6.00. The molecule has 0 amide bonds. The van der Waals surface area contributed by atoms with Crippen LogP contribution >= 0.6 is 0 Å². The normalized spacial score (nSPS) is 10.8. The standard InChI is InChI=1S/C16H21N2O2.BF4/c1-4-17-14(19)12-15(20-6-3)18(5-2)16(17)13-10-8-7-9-11-13;2-1(3,4)5/h7-12H,4-6H2,1-3H3;/q+1;-1. The van der Waals surface area contributed by atoms with Gasteiger partial charge >= 0.3 is 12.8 Å². The summed E-state index contributed by atoms with van der Waals surface area (Å²) in [5.74, 6) is 1.52. The van der Waals surface area contributed by atoms with Crippen LogP contribution in [0.25, 0.3) is 11.4 Å². The fraction of sp³-hybridized carbons (Fsp3) is 0.375. The number of rotatable bonds is 5. The molecule has 2 rings (SSSR count). The molecule has 0 saturated heterocycles. The zero-order valence-corrected chi connectivity index (χ0v) is 14.4. The first kappa shape index (κ1) is 20.7. The van der Waals surface area contributed by atoms with Crippen molar-refractivity contribution < 1.29 is 26.6 Å². The number of halogens is 4. The summed E-state index contributed by atoms with van der Waals surface area (Å²) in [5, 5.41) is 0. The lowest BCUT2D eigenvalue weighted by Crippen LogP contribution is -2.44. The second-order valence-electron chi connectivity index (χ2n) is 4.93. The van der Waals surface area contributed by atoms with Gasteiger partial charge in [-0.3, -0.25) is 0 Å². The Kier molecular flexibility index (Phi) is 7.66. The van der Waals surface area contributed by atoms with Crippen molar-refractivity contribution in [3.8, 4) is 17.3 Å². The lowest BCUT2D eigenvalue weighted by atomic mass is 10.2. The summed E-state index contributed by atoms with van der Waals surface area (Å²) in [6.07, 6.45) is 0. The molecule has 138 valence electrons. The lowest BCUT2D eigenvalue weighted by molar-refractivity contribution is -0.692. The number of benzene rings is 1. The molecule has 1 aromatic heterocycles. The second-order valence-corrected chi connectivity index (χ2v) is 4.93. The molecular weight excluding hydrogens is 339 g/mol. The largest absolute Gasteiger partial charge is 0.673 e. The van der Waals surface area contributed by atoms with Crippen molar-refractivity contribution in [3.05, 3.63) is 46.8 Å². The Morgan fingerprint density at radius 2 is 1.64 bits per heavy atom. The summed E-state index contributed by atoms with van der Waals surface area (Å²) in [6, 6.07) is 11.5. The zero-order chi connectivity index (χ0) is 19.0. The van der Waals surface area contributed by atoms with Crippen molar-refractivity contribution in [1.82, 2.24) is 4.57 Å². The molecule has 0 bridgehead atoms. The number of hydrogen-bond acceptors (Lipinski definition) is 2. The maximum absolute atomic E-state index is 12.3. The second kappa shape index (κ2) is 9.24. The van der Waals surface area contributed by atoms with Gasteiger partial charge in [-0.1, -0.05) is 18.2 Å². The quantitative estimate of drug-likeness (QED) is 0.465. The zero-order valence-electron chi connectivity index (χ0n) is 14.4. The van der Waals surface area contributed by atoms with Crippen LogP contribution in [0.3, 0.4) is 0 Å². The number of ether oxygens (including phenoxy) is 1. The van der Waals surface area contributed by atoms with Crippen molar-refractivity contribution in [1.29, 1.82) is 0 Å². The van der Waals surface area contributed by atoms with E-state index in [0.29, 0.717) is 19.0 Å². The van der Waals surface area contributed by atoms with E-state index in [0.717, 1.165) is 17.9 Å². The molecule has 1 aromatic carbocycles. The van der Waals surface area contributed by atoms with E-state index < -0.39 is 7.25 Å². The Hall–Kier alpha value is -2.32. The fourth-order valence-electron chi connectivity index (χ4n) is 2.39. The van der Waals surface area contributed by atoms with Crippen LogP contribution in [-0.2, 0) is 13.1 Å². The molecule has 2 aromatic rings. The predicted octanol–water partition coefficient (Wildman–Crippen LogP) is 3.54. The molecule has 0 saturated carbocycles. The third kappa shape index (κ3) is 6.24. The van der Waals surface area contributed by atoms with Gasteiger partial charge in [-0.05, 0) is 32.9 Å². The first-order valence-corrected chi connectivity index (χ1v) is 7.96. The lowest BCUT2D eigenvalue weighted by Gasteiger charge is -2.13. The van der Waals surface area contributed by atoms with Gasteiger partial charge in [-0.15, -0.1) is 0 Å². The van der Waals surface area contributed by atoms with Gasteiger partial charge in [0, 0.05) is 0 Å². The van der Waals surface area contributed by atoms with Gasteiger partial charge in [0.15, 0.2) is 0 Å². The van der Waals surface area contributed by atoms with Crippen molar-refractivity contribution in [2.24, 2.45) is 0 Å². The molecule has 0 aliphatic carbocycles. The van der Waals surface area contributed by atoms with Crippen molar-refractivity contribution in [2.45, 2.75) is 33.9 Å².